The summed E-state index contributed by atoms with van der Waals surface area (Å²) in [6, 6.07) is 43.3. The van der Waals surface area contributed by atoms with Crippen LogP contribution in [0.1, 0.15) is 23.7 Å². The van der Waals surface area contributed by atoms with E-state index in [1.165, 1.54) is 0 Å². The molecule has 192 valence electrons. The van der Waals surface area contributed by atoms with E-state index in [4.69, 9.17) is 4.74 Å². The molecule has 0 aliphatic carbocycles. The standard InChI is InChI=1S/C33H31BrNO2P/c1-2-27-23-32(33(36)35-31(27)25-37-24-26-15-7-3-8-16-26)38(34,28-17-9-4-10-18-28,29-19-11-5-12-20-29)30-21-13-6-14-22-30/h3-23H,2,24-25H2,1H3,(H,35,36). The predicted octanol–water partition coefficient (Wildman–Crippen LogP) is 6.12. The van der Waals surface area contributed by atoms with Gasteiger partial charge in [-0.2, -0.15) is 0 Å². The normalized spacial score (nSPS) is 12.5. The molecule has 0 amide bonds. The number of aromatic amines is 1. The summed E-state index contributed by atoms with van der Waals surface area (Å²) in [6.45, 7) is 2.95. The zero-order valence-electron chi connectivity index (χ0n) is 21.4. The van der Waals surface area contributed by atoms with Crippen molar-refractivity contribution in [1.29, 1.82) is 0 Å². The molecule has 0 unspecified atom stereocenters. The third kappa shape index (κ3) is 4.58. The fourth-order valence-electron chi connectivity index (χ4n) is 5.19. The summed E-state index contributed by atoms with van der Waals surface area (Å²) >= 11 is 4.43. The van der Waals surface area contributed by atoms with Crippen LogP contribution in [0.2, 0.25) is 0 Å². The van der Waals surface area contributed by atoms with Crippen molar-refractivity contribution in [3.63, 3.8) is 0 Å². The molecule has 4 aromatic carbocycles. The maximum absolute atomic E-state index is 14.2. The number of aromatic nitrogens is 1. The SMILES string of the molecule is CCc1cc(P(Br)(c2ccccc2)(c2ccccc2)c2ccccc2)c(=O)[nH]c1COCc1ccccc1. The molecule has 0 saturated heterocycles. The number of H-pyrrole nitrogens is 1. The van der Waals surface area contributed by atoms with Gasteiger partial charge < -0.3 is 0 Å². The van der Waals surface area contributed by atoms with Gasteiger partial charge in [0.1, 0.15) is 0 Å². The van der Waals surface area contributed by atoms with E-state index in [0.717, 1.165) is 44.5 Å². The number of benzene rings is 4. The molecule has 1 N–H and O–H groups in total. The van der Waals surface area contributed by atoms with Gasteiger partial charge >= 0.3 is 233 Å². The van der Waals surface area contributed by atoms with E-state index >= 15 is 0 Å². The van der Waals surface area contributed by atoms with E-state index in [2.05, 4.69) is 69.9 Å². The van der Waals surface area contributed by atoms with Crippen molar-refractivity contribution in [2.24, 2.45) is 0 Å². The maximum atomic E-state index is 14.2. The van der Waals surface area contributed by atoms with Crippen LogP contribution in [0.15, 0.2) is 132 Å². The fraction of sp³-hybridized carbons (Fsp3) is 0.121. The number of hydrogen-bond acceptors (Lipinski definition) is 2. The number of aryl methyl sites for hydroxylation is 1. The zero-order valence-corrected chi connectivity index (χ0v) is 23.9. The average Bonchev–Trinajstić information content (AvgIpc) is 2.99. The van der Waals surface area contributed by atoms with E-state index in [1.54, 1.807) is 0 Å². The number of nitrogens with one attached hydrogen (secondary N) is 1. The average molecular weight is 584 g/mol. The molecule has 0 spiro atoms. The molecule has 0 radical (unpaired) electrons. The van der Waals surface area contributed by atoms with Gasteiger partial charge in [0.25, 0.3) is 0 Å². The minimum atomic E-state index is -3.60. The first-order chi connectivity index (χ1) is 18.6. The Hall–Kier alpha value is -3.30. The summed E-state index contributed by atoms with van der Waals surface area (Å²) in [5.41, 5.74) is 2.89. The van der Waals surface area contributed by atoms with Crippen LogP contribution in [0, 0.1) is 0 Å². The van der Waals surface area contributed by atoms with E-state index in [-0.39, 0.29) is 5.56 Å². The van der Waals surface area contributed by atoms with E-state index in [9.17, 15) is 4.79 Å². The number of rotatable bonds is 9. The van der Waals surface area contributed by atoms with Crippen molar-refractivity contribution in [1.82, 2.24) is 4.98 Å². The fourth-order valence-corrected chi connectivity index (χ4v) is 12.9. The second kappa shape index (κ2) is 11.2. The quantitative estimate of drug-likeness (QED) is 0.212. The summed E-state index contributed by atoms with van der Waals surface area (Å²) in [5.74, 6) is 0. The summed E-state index contributed by atoms with van der Waals surface area (Å²) in [4.78, 5) is 17.4. The van der Waals surface area contributed by atoms with Crippen LogP contribution in [0.25, 0.3) is 0 Å². The van der Waals surface area contributed by atoms with Crippen molar-refractivity contribution in [3.05, 3.63) is 155 Å². The zero-order chi connectivity index (χ0) is 26.5. The number of ether oxygens (including phenoxy) is 1. The molecule has 1 aromatic heterocycles. The monoisotopic (exact) mass is 583 g/mol. The van der Waals surface area contributed by atoms with Gasteiger partial charge in [0.15, 0.2) is 0 Å². The number of hydrogen-bond donors (Lipinski definition) is 1. The first-order valence-corrected chi connectivity index (χ1v) is 17.1. The molecule has 0 aliphatic heterocycles. The predicted molar refractivity (Wildman–Crippen MR) is 165 cm³/mol. The van der Waals surface area contributed by atoms with E-state index < -0.39 is 5.31 Å². The Balaban J connectivity index is 1.73. The third-order valence-electron chi connectivity index (χ3n) is 7.11. The number of pyridine rings is 1. The van der Waals surface area contributed by atoms with Crippen LogP contribution in [0.3, 0.4) is 0 Å². The Morgan fingerprint density at radius 1 is 0.684 bits per heavy atom. The van der Waals surface area contributed by atoms with Gasteiger partial charge in [0.2, 0.25) is 0 Å². The van der Waals surface area contributed by atoms with E-state index in [0.29, 0.717) is 13.2 Å². The Morgan fingerprint density at radius 3 is 1.58 bits per heavy atom. The Kier molecular flexibility index (Phi) is 7.76. The Morgan fingerprint density at radius 2 is 1.13 bits per heavy atom. The second-order valence-corrected chi connectivity index (χ2v) is 17.6. The molecule has 1 heterocycles. The Bertz CT molecular complexity index is 1460. The van der Waals surface area contributed by atoms with Crippen LogP contribution >= 0.6 is 20.8 Å². The van der Waals surface area contributed by atoms with Crippen molar-refractivity contribution in [3.8, 4) is 0 Å². The molecule has 0 atom stereocenters. The third-order valence-corrected chi connectivity index (χ3v) is 17.0. The topological polar surface area (TPSA) is 42.1 Å². The van der Waals surface area contributed by atoms with Gasteiger partial charge in [0.05, 0.1) is 0 Å². The van der Waals surface area contributed by atoms with E-state index in [1.807, 2.05) is 84.9 Å². The first-order valence-electron chi connectivity index (χ1n) is 12.8. The molecule has 0 fully saturated rings. The van der Waals surface area contributed by atoms with Crippen LogP contribution in [-0.4, -0.2) is 4.98 Å². The molecular formula is C33H31BrNO2P. The van der Waals surface area contributed by atoms with Crippen molar-refractivity contribution in [2.45, 2.75) is 26.6 Å². The van der Waals surface area contributed by atoms with Crippen LogP contribution < -0.4 is 26.8 Å². The first kappa shape index (κ1) is 26.3. The molecule has 0 aliphatic rings. The molecule has 5 aromatic rings. The molecule has 0 saturated carbocycles. The van der Waals surface area contributed by atoms with Crippen molar-refractivity contribution in [2.75, 3.05) is 0 Å². The number of halogens is 1. The summed E-state index contributed by atoms with van der Waals surface area (Å²) in [7, 11) is 0. The molecule has 5 rings (SSSR count). The van der Waals surface area contributed by atoms with Crippen LogP contribution in [0.4, 0.5) is 0 Å². The molecule has 3 nitrogen and oxygen atoms in total. The summed E-state index contributed by atoms with van der Waals surface area (Å²) < 4.78 is 6.04. The van der Waals surface area contributed by atoms with Crippen LogP contribution in [-0.2, 0) is 24.4 Å². The van der Waals surface area contributed by atoms with Crippen LogP contribution in [0.5, 0.6) is 0 Å². The summed E-state index contributed by atoms with van der Waals surface area (Å²) in [6.07, 6.45) is 0.770. The second-order valence-electron chi connectivity index (χ2n) is 9.33. The van der Waals surface area contributed by atoms with Crippen molar-refractivity contribution >= 4 is 42.0 Å². The minimum absolute atomic E-state index is 0.105. The molecule has 5 heteroatoms. The van der Waals surface area contributed by atoms with Gasteiger partial charge in [-0.3, -0.25) is 0 Å². The summed E-state index contributed by atoms with van der Waals surface area (Å²) in [5, 5.41) is 0.380. The molecule has 38 heavy (non-hydrogen) atoms. The van der Waals surface area contributed by atoms with Gasteiger partial charge in [-0.15, -0.1) is 0 Å². The van der Waals surface area contributed by atoms with Gasteiger partial charge in [-0.25, -0.2) is 0 Å². The van der Waals surface area contributed by atoms with Gasteiger partial charge in [-0.05, 0) is 0 Å². The Labute approximate surface area is 232 Å². The molecule has 0 bridgehead atoms. The van der Waals surface area contributed by atoms with Gasteiger partial charge in [0, 0.05) is 0 Å². The van der Waals surface area contributed by atoms with Crippen molar-refractivity contribution < 1.29 is 4.74 Å². The van der Waals surface area contributed by atoms with Gasteiger partial charge in [-0.1, -0.05) is 0 Å². The molecular weight excluding hydrogens is 553 g/mol.